The summed E-state index contributed by atoms with van der Waals surface area (Å²) in [5.74, 6) is 5.99. The van der Waals surface area contributed by atoms with Crippen LogP contribution in [0.2, 0.25) is 0 Å². The van der Waals surface area contributed by atoms with Gasteiger partial charge < -0.3 is 0 Å². The van der Waals surface area contributed by atoms with E-state index in [1.807, 2.05) is 0 Å². The van der Waals surface area contributed by atoms with Gasteiger partial charge in [-0.2, -0.15) is 25.9 Å². The zero-order chi connectivity index (χ0) is 17.9. The predicted octanol–water partition coefficient (Wildman–Crippen LogP) is 5.98. The lowest BCUT2D eigenvalue weighted by molar-refractivity contribution is -0.0752. The van der Waals surface area contributed by atoms with Crippen molar-refractivity contribution in [1.29, 1.82) is 0 Å². The molecule has 2 N–H and O–H groups in total. The van der Waals surface area contributed by atoms with Crippen LogP contribution in [0.3, 0.4) is 0 Å². The molecule has 1 aliphatic heterocycles. The molecular formula is C18H30Cl2N4O. The summed E-state index contributed by atoms with van der Waals surface area (Å²) in [6.45, 7) is 0. The van der Waals surface area contributed by atoms with E-state index < -0.39 is 0 Å². The number of halogens is 2. The Morgan fingerprint density at radius 3 is 1.60 bits per heavy atom. The van der Waals surface area contributed by atoms with E-state index in [1.165, 1.54) is 74.8 Å². The largest absolute Gasteiger partial charge is 0.233 e. The molecule has 0 amide bonds. The first-order valence-electron chi connectivity index (χ1n) is 9.59. The van der Waals surface area contributed by atoms with Crippen LogP contribution in [0.15, 0.2) is 21.4 Å². The molecule has 2 rings (SSSR count). The minimum Gasteiger partial charge on any atom is -0.198 e. The third kappa shape index (κ3) is 7.26. The number of allylic oxidation sites excluding steroid dienone is 1. The normalized spacial score (nSPS) is 22.8. The summed E-state index contributed by atoms with van der Waals surface area (Å²) in [6.07, 6.45) is 17.5. The number of hydrogen-bond donors (Lipinski definition) is 1. The fourth-order valence-corrected chi connectivity index (χ4v) is 3.88. The number of aliphatic imine (C=N–C) groups is 2. The molecule has 7 heteroatoms. The van der Waals surface area contributed by atoms with Crippen molar-refractivity contribution in [3.63, 3.8) is 0 Å². The molecule has 0 aromatic heterocycles. The molecule has 1 heterocycles. The van der Waals surface area contributed by atoms with Crippen molar-refractivity contribution in [1.82, 2.24) is 5.06 Å². The van der Waals surface area contributed by atoms with Crippen LogP contribution in [-0.2, 0) is 4.94 Å². The third-order valence-electron chi connectivity index (χ3n) is 4.87. The van der Waals surface area contributed by atoms with Gasteiger partial charge >= 0.3 is 0 Å². The maximum absolute atomic E-state index is 6.10. The van der Waals surface area contributed by atoms with E-state index in [4.69, 9.17) is 34.0 Å². The molecule has 0 spiro atoms. The molecule has 0 bridgehead atoms. The van der Waals surface area contributed by atoms with Crippen LogP contribution in [0, 0.1) is 0 Å². The number of nitrogens with zero attached hydrogens (tertiary/aromatic N) is 3. The van der Waals surface area contributed by atoms with Gasteiger partial charge in [0.15, 0.2) is 5.82 Å². The minimum atomic E-state index is 0.0980. The van der Waals surface area contributed by atoms with Gasteiger partial charge in [0, 0.05) is 0 Å². The molecule has 0 radical (unpaired) electrons. The summed E-state index contributed by atoms with van der Waals surface area (Å²) in [5.41, 5.74) is 1.20. The van der Waals surface area contributed by atoms with Crippen molar-refractivity contribution in [2.24, 2.45) is 15.9 Å². The van der Waals surface area contributed by atoms with Gasteiger partial charge in [0.1, 0.15) is 0 Å². The first-order chi connectivity index (χ1) is 12.2. The molecule has 2 aliphatic rings. The summed E-state index contributed by atoms with van der Waals surface area (Å²) in [5, 5.41) is 1.49. The van der Waals surface area contributed by atoms with Crippen molar-refractivity contribution in [2.75, 3.05) is 0 Å². The molecule has 0 aromatic carbocycles. The first kappa shape index (κ1) is 20.7. The molecular weight excluding hydrogens is 359 g/mol. The Hall–Kier alpha value is -0.620. The van der Waals surface area contributed by atoms with Crippen molar-refractivity contribution >= 4 is 33.8 Å². The third-order valence-corrected chi connectivity index (χ3v) is 5.28. The average Bonchev–Trinajstić information content (AvgIpc) is 2.60. The summed E-state index contributed by atoms with van der Waals surface area (Å²) in [6, 6.07) is 0. The van der Waals surface area contributed by atoms with Crippen LogP contribution in [0.1, 0.15) is 89.9 Å². The summed E-state index contributed by atoms with van der Waals surface area (Å²) >= 11 is 12.1. The van der Waals surface area contributed by atoms with Gasteiger partial charge in [-0.3, -0.25) is 0 Å². The molecule has 1 aliphatic carbocycles. The van der Waals surface area contributed by atoms with Crippen molar-refractivity contribution in [3.05, 3.63) is 11.4 Å². The second-order valence-corrected chi connectivity index (χ2v) is 7.51. The Bertz CT molecular complexity index is 487. The summed E-state index contributed by atoms with van der Waals surface area (Å²) in [7, 11) is 0. The maximum atomic E-state index is 6.10. The number of hydrogen-bond acceptors (Lipinski definition) is 5. The lowest BCUT2D eigenvalue weighted by Gasteiger charge is -2.24. The SMILES string of the molecule is NON1C(Cl)=NC(Cl)=NC1=C1CCCCCCCCCCCCCC1. The highest BCUT2D eigenvalue weighted by Gasteiger charge is 2.24. The molecule has 25 heavy (non-hydrogen) atoms. The van der Waals surface area contributed by atoms with E-state index in [0.717, 1.165) is 25.7 Å². The fraction of sp³-hybridized carbons (Fsp3) is 0.778. The zero-order valence-corrected chi connectivity index (χ0v) is 16.5. The highest BCUT2D eigenvalue weighted by molar-refractivity contribution is 6.71. The van der Waals surface area contributed by atoms with Crippen LogP contribution in [0.4, 0.5) is 0 Å². The molecule has 0 atom stereocenters. The Balaban J connectivity index is 2.08. The highest BCUT2D eigenvalue weighted by atomic mass is 35.5. The van der Waals surface area contributed by atoms with Crippen LogP contribution in [0.25, 0.3) is 0 Å². The smallest absolute Gasteiger partial charge is 0.198 e. The molecule has 0 saturated heterocycles. The van der Waals surface area contributed by atoms with Gasteiger partial charge in [0.2, 0.25) is 10.6 Å². The Kier molecular flexibility index (Phi) is 9.84. The van der Waals surface area contributed by atoms with E-state index in [1.54, 1.807) is 0 Å². The number of hydroxylamine groups is 2. The number of nitrogens with two attached hydrogens (primary N) is 1. The zero-order valence-electron chi connectivity index (χ0n) is 15.0. The Morgan fingerprint density at radius 1 is 0.720 bits per heavy atom. The van der Waals surface area contributed by atoms with Crippen LogP contribution < -0.4 is 5.90 Å². The van der Waals surface area contributed by atoms with Gasteiger partial charge in [-0.05, 0) is 54.5 Å². The van der Waals surface area contributed by atoms with Gasteiger partial charge in [0.25, 0.3) is 0 Å². The molecule has 0 aromatic rings. The lowest BCUT2D eigenvalue weighted by atomic mass is 10.00. The molecule has 1 fully saturated rings. The van der Waals surface area contributed by atoms with Crippen LogP contribution >= 0.6 is 23.2 Å². The van der Waals surface area contributed by atoms with Gasteiger partial charge in [-0.15, -0.1) is 0 Å². The standard InChI is InChI=1S/C18H30Cl2N4O/c19-17-22-16(24(25-21)18(20)23-17)15-13-11-9-7-5-3-1-2-4-6-8-10-12-14-15/h1-14,21H2. The second-order valence-electron chi connectivity index (χ2n) is 6.83. The monoisotopic (exact) mass is 388 g/mol. The van der Waals surface area contributed by atoms with E-state index in [9.17, 15) is 0 Å². The topological polar surface area (TPSA) is 63.2 Å². The van der Waals surface area contributed by atoms with Gasteiger partial charge in [-0.1, -0.05) is 64.2 Å². The van der Waals surface area contributed by atoms with Gasteiger partial charge in [-0.25, -0.2) is 0 Å². The summed E-state index contributed by atoms with van der Waals surface area (Å²) < 4.78 is 0. The van der Waals surface area contributed by atoms with Crippen molar-refractivity contribution in [3.8, 4) is 0 Å². The van der Waals surface area contributed by atoms with Gasteiger partial charge in [0.05, 0.1) is 0 Å². The van der Waals surface area contributed by atoms with E-state index >= 15 is 0 Å². The Morgan fingerprint density at radius 2 is 1.16 bits per heavy atom. The van der Waals surface area contributed by atoms with E-state index in [0.29, 0.717) is 5.82 Å². The lowest BCUT2D eigenvalue weighted by Crippen LogP contribution is -2.33. The van der Waals surface area contributed by atoms with E-state index in [-0.39, 0.29) is 10.6 Å². The average molecular weight is 389 g/mol. The predicted molar refractivity (Wildman–Crippen MR) is 105 cm³/mol. The molecule has 142 valence electrons. The van der Waals surface area contributed by atoms with Crippen LogP contribution in [0.5, 0.6) is 0 Å². The number of amidine groups is 2. The van der Waals surface area contributed by atoms with Crippen molar-refractivity contribution in [2.45, 2.75) is 89.9 Å². The molecule has 5 nitrogen and oxygen atoms in total. The molecule has 0 unspecified atom stereocenters. The van der Waals surface area contributed by atoms with E-state index in [2.05, 4.69) is 9.98 Å². The maximum Gasteiger partial charge on any atom is 0.233 e. The quantitative estimate of drug-likeness (QED) is 0.443. The Labute approximate surface area is 161 Å². The minimum absolute atomic E-state index is 0.0980. The summed E-state index contributed by atoms with van der Waals surface area (Å²) in [4.78, 5) is 13.1. The first-order valence-corrected chi connectivity index (χ1v) is 10.4. The molecule has 1 saturated carbocycles. The second kappa shape index (κ2) is 11.9. The van der Waals surface area contributed by atoms with Crippen LogP contribution in [-0.4, -0.2) is 15.7 Å². The number of rotatable bonds is 1. The van der Waals surface area contributed by atoms with Crippen molar-refractivity contribution < 1.29 is 4.94 Å². The highest BCUT2D eigenvalue weighted by Crippen LogP contribution is 2.28. The fourth-order valence-electron chi connectivity index (χ4n) is 3.48.